The second-order valence-corrected chi connectivity index (χ2v) is 8.58. The van der Waals surface area contributed by atoms with Gasteiger partial charge in [-0.3, -0.25) is 4.79 Å². The van der Waals surface area contributed by atoms with Gasteiger partial charge in [-0.05, 0) is 12.1 Å². The molecule has 1 saturated heterocycles. The van der Waals surface area contributed by atoms with Crippen molar-refractivity contribution in [2.24, 2.45) is 5.14 Å². The highest BCUT2D eigenvalue weighted by Crippen LogP contribution is 2.20. The molecule has 2 heterocycles. The van der Waals surface area contributed by atoms with E-state index in [4.69, 9.17) is 5.14 Å². The average Bonchev–Trinajstić information content (AvgIpc) is 2.86. The summed E-state index contributed by atoms with van der Waals surface area (Å²) < 4.78 is 22.4. The highest BCUT2D eigenvalue weighted by Gasteiger charge is 2.17. The van der Waals surface area contributed by atoms with Crippen molar-refractivity contribution in [3.8, 4) is 0 Å². The van der Waals surface area contributed by atoms with E-state index in [2.05, 4.69) is 10.6 Å². The van der Waals surface area contributed by atoms with Crippen LogP contribution in [-0.4, -0.2) is 38.4 Å². The van der Waals surface area contributed by atoms with Crippen LogP contribution < -0.4 is 15.8 Å². The second-order valence-electron chi connectivity index (χ2n) is 4.47. The summed E-state index contributed by atoms with van der Waals surface area (Å²) in [6.45, 7) is 1.27. The van der Waals surface area contributed by atoms with Crippen LogP contribution in [0, 0.1) is 0 Å². The molecule has 1 aliphatic rings. The largest absolute Gasteiger partial charge is 0.351 e. The standard InChI is InChI=1S/C11H17N3O3S3/c12-20(16,17)11-2-1-9(19-11)6-14-10(15)5-8-7-18-4-3-13-8/h1-2,8,13H,3-7H2,(H,14,15)(H2,12,16,17). The molecule has 1 aromatic rings. The smallest absolute Gasteiger partial charge is 0.247 e. The number of hydrogen-bond acceptors (Lipinski definition) is 6. The van der Waals surface area contributed by atoms with Crippen LogP contribution in [0.3, 0.4) is 0 Å². The van der Waals surface area contributed by atoms with Gasteiger partial charge in [0.2, 0.25) is 15.9 Å². The van der Waals surface area contributed by atoms with Gasteiger partial charge in [0.05, 0.1) is 6.54 Å². The van der Waals surface area contributed by atoms with E-state index in [1.165, 1.54) is 6.07 Å². The Morgan fingerprint density at radius 2 is 2.30 bits per heavy atom. The lowest BCUT2D eigenvalue weighted by Gasteiger charge is -2.22. The van der Waals surface area contributed by atoms with Gasteiger partial charge < -0.3 is 10.6 Å². The fourth-order valence-corrected chi connectivity index (χ4v) is 4.51. The first-order valence-electron chi connectivity index (χ1n) is 6.14. The SMILES string of the molecule is NS(=O)(=O)c1ccc(CNC(=O)CC2CSCCN2)s1. The number of nitrogens with one attached hydrogen (secondary N) is 2. The first kappa shape index (κ1) is 15.8. The molecular weight excluding hydrogens is 318 g/mol. The summed E-state index contributed by atoms with van der Waals surface area (Å²) in [5.74, 6) is 2.00. The predicted molar refractivity (Wildman–Crippen MR) is 81.3 cm³/mol. The third kappa shape index (κ3) is 4.74. The van der Waals surface area contributed by atoms with Crippen molar-refractivity contribution in [2.45, 2.75) is 23.2 Å². The molecule has 1 amide bonds. The molecule has 6 nitrogen and oxygen atoms in total. The minimum atomic E-state index is -3.65. The monoisotopic (exact) mass is 335 g/mol. The zero-order valence-electron chi connectivity index (χ0n) is 10.8. The molecule has 4 N–H and O–H groups in total. The molecule has 0 radical (unpaired) electrons. The predicted octanol–water partition coefficient (Wildman–Crippen LogP) is 0.107. The molecular formula is C11H17N3O3S3. The molecule has 2 rings (SSSR count). The van der Waals surface area contributed by atoms with E-state index in [1.54, 1.807) is 6.07 Å². The third-order valence-corrected chi connectivity index (χ3v) is 6.46. The van der Waals surface area contributed by atoms with Crippen LogP contribution in [-0.2, 0) is 21.4 Å². The van der Waals surface area contributed by atoms with E-state index in [0.29, 0.717) is 13.0 Å². The zero-order valence-corrected chi connectivity index (χ0v) is 13.2. The lowest BCUT2D eigenvalue weighted by molar-refractivity contribution is -0.121. The summed E-state index contributed by atoms with van der Waals surface area (Å²) in [4.78, 5) is 12.6. The van der Waals surface area contributed by atoms with Gasteiger partial charge in [0.15, 0.2) is 0 Å². The number of thiophene rings is 1. The first-order chi connectivity index (χ1) is 9.45. The van der Waals surface area contributed by atoms with E-state index in [0.717, 1.165) is 34.3 Å². The molecule has 9 heteroatoms. The van der Waals surface area contributed by atoms with Gasteiger partial charge in [-0.15, -0.1) is 11.3 Å². The van der Waals surface area contributed by atoms with Crippen molar-refractivity contribution in [3.05, 3.63) is 17.0 Å². The van der Waals surface area contributed by atoms with E-state index in [9.17, 15) is 13.2 Å². The van der Waals surface area contributed by atoms with Gasteiger partial charge >= 0.3 is 0 Å². The molecule has 1 aliphatic heterocycles. The van der Waals surface area contributed by atoms with Crippen LogP contribution in [0.5, 0.6) is 0 Å². The summed E-state index contributed by atoms with van der Waals surface area (Å²) >= 11 is 2.92. The Bertz CT molecular complexity index is 564. The number of hydrogen-bond donors (Lipinski definition) is 3. The maximum Gasteiger partial charge on any atom is 0.247 e. The highest BCUT2D eigenvalue weighted by molar-refractivity contribution is 7.99. The van der Waals surface area contributed by atoms with Gasteiger partial charge in [-0.1, -0.05) is 0 Å². The molecule has 0 bridgehead atoms. The lowest BCUT2D eigenvalue weighted by Crippen LogP contribution is -2.41. The van der Waals surface area contributed by atoms with E-state index >= 15 is 0 Å². The topological polar surface area (TPSA) is 101 Å². The van der Waals surface area contributed by atoms with Crippen molar-refractivity contribution in [1.82, 2.24) is 10.6 Å². The van der Waals surface area contributed by atoms with Crippen LogP contribution in [0.4, 0.5) is 0 Å². The van der Waals surface area contributed by atoms with Crippen LogP contribution in [0.15, 0.2) is 16.3 Å². The second kappa shape index (κ2) is 6.90. The van der Waals surface area contributed by atoms with Crippen LogP contribution >= 0.6 is 23.1 Å². The Morgan fingerprint density at radius 1 is 1.50 bits per heavy atom. The average molecular weight is 335 g/mol. The zero-order chi connectivity index (χ0) is 14.6. The number of carbonyl (C=O) groups excluding carboxylic acids is 1. The van der Waals surface area contributed by atoms with Gasteiger partial charge in [-0.2, -0.15) is 11.8 Å². The van der Waals surface area contributed by atoms with Crippen LogP contribution in [0.2, 0.25) is 0 Å². The number of nitrogens with two attached hydrogens (primary N) is 1. The Kier molecular flexibility index (Phi) is 5.44. The van der Waals surface area contributed by atoms with Gasteiger partial charge in [0.1, 0.15) is 4.21 Å². The van der Waals surface area contributed by atoms with Crippen molar-refractivity contribution in [1.29, 1.82) is 0 Å². The Hall–Kier alpha value is -0.610. The highest BCUT2D eigenvalue weighted by atomic mass is 32.2. The van der Waals surface area contributed by atoms with Crippen molar-refractivity contribution < 1.29 is 13.2 Å². The van der Waals surface area contributed by atoms with Gasteiger partial charge in [-0.25, -0.2) is 13.6 Å². The number of primary sulfonamides is 1. The summed E-state index contributed by atoms with van der Waals surface area (Å²) in [6.07, 6.45) is 0.445. The normalized spacial score (nSPS) is 19.8. The Balaban J connectivity index is 1.79. The van der Waals surface area contributed by atoms with E-state index < -0.39 is 10.0 Å². The Morgan fingerprint density at radius 3 is 2.90 bits per heavy atom. The van der Waals surface area contributed by atoms with Crippen LogP contribution in [0.1, 0.15) is 11.3 Å². The molecule has 112 valence electrons. The number of sulfonamides is 1. The first-order valence-corrected chi connectivity index (χ1v) is 9.66. The summed E-state index contributed by atoms with van der Waals surface area (Å²) in [7, 11) is -3.65. The molecule has 1 atom stereocenters. The number of amides is 1. The number of thioether (sulfide) groups is 1. The van der Waals surface area contributed by atoms with E-state index in [-0.39, 0.29) is 16.2 Å². The maximum absolute atomic E-state index is 11.8. The fraction of sp³-hybridized carbons (Fsp3) is 0.545. The van der Waals surface area contributed by atoms with Crippen molar-refractivity contribution >= 4 is 39.0 Å². The molecule has 0 aromatic carbocycles. The minimum Gasteiger partial charge on any atom is -0.351 e. The number of carbonyl (C=O) groups is 1. The molecule has 1 unspecified atom stereocenters. The molecule has 20 heavy (non-hydrogen) atoms. The third-order valence-electron chi connectivity index (χ3n) is 2.81. The summed E-state index contributed by atoms with van der Waals surface area (Å²) in [6, 6.07) is 3.34. The number of rotatable bonds is 5. The molecule has 1 fully saturated rings. The van der Waals surface area contributed by atoms with Gasteiger partial charge in [0, 0.05) is 35.4 Å². The van der Waals surface area contributed by atoms with Crippen molar-refractivity contribution in [2.75, 3.05) is 18.1 Å². The molecule has 0 spiro atoms. The van der Waals surface area contributed by atoms with E-state index in [1.807, 2.05) is 11.8 Å². The summed E-state index contributed by atoms with van der Waals surface area (Å²) in [5, 5.41) is 11.1. The fourth-order valence-electron chi connectivity index (χ4n) is 1.84. The quantitative estimate of drug-likeness (QED) is 0.709. The molecule has 0 aliphatic carbocycles. The van der Waals surface area contributed by atoms with Crippen LogP contribution in [0.25, 0.3) is 0 Å². The molecule has 1 aromatic heterocycles. The minimum absolute atomic E-state index is 0.0319. The summed E-state index contributed by atoms with van der Waals surface area (Å²) in [5.41, 5.74) is 0. The Labute approximate surface area is 126 Å². The molecule has 0 saturated carbocycles. The maximum atomic E-state index is 11.8. The lowest BCUT2D eigenvalue weighted by atomic mass is 10.2. The van der Waals surface area contributed by atoms with Crippen molar-refractivity contribution in [3.63, 3.8) is 0 Å². The van der Waals surface area contributed by atoms with Gasteiger partial charge in [0.25, 0.3) is 0 Å².